The highest BCUT2D eigenvalue weighted by atomic mass is 16.7. The van der Waals surface area contributed by atoms with Crippen LogP contribution < -0.4 is 0 Å². The van der Waals surface area contributed by atoms with Crippen LogP contribution in [0, 0.1) is 10.1 Å². The zero-order valence-electron chi connectivity index (χ0n) is 10.3. The molecule has 0 saturated carbocycles. The Hall–Kier alpha value is -2.77. The Morgan fingerprint density at radius 1 is 1.30 bits per heavy atom. The monoisotopic (exact) mass is 278 g/mol. The van der Waals surface area contributed by atoms with Gasteiger partial charge in [-0.3, -0.25) is 19.7 Å². The van der Waals surface area contributed by atoms with Crippen molar-refractivity contribution in [3.63, 3.8) is 0 Å². The lowest BCUT2D eigenvalue weighted by atomic mass is 10.1. The number of hydrogen-bond donors (Lipinski definition) is 0. The molecule has 104 valence electrons. The number of hydrogen-bond acceptors (Lipinski definition) is 6. The molecule has 0 atom stereocenters. The second kappa shape index (κ2) is 5.47. The highest BCUT2D eigenvalue weighted by Gasteiger charge is 2.32. The number of nitrogens with zero attached hydrogens (tertiary/aromatic N) is 2. The van der Waals surface area contributed by atoms with Gasteiger partial charge >= 0.3 is 5.97 Å². The van der Waals surface area contributed by atoms with Crippen molar-refractivity contribution >= 4 is 23.5 Å². The SMILES string of the molecule is O=C(Cc1cccc([N+](=O)[O-])c1)ON1C(=O)CCC1=O. The molecule has 1 aromatic rings. The number of imide groups is 1. The molecule has 8 nitrogen and oxygen atoms in total. The molecule has 1 fully saturated rings. The van der Waals surface area contributed by atoms with Gasteiger partial charge < -0.3 is 4.84 Å². The van der Waals surface area contributed by atoms with Crippen molar-refractivity contribution in [1.29, 1.82) is 0 Å². The van der Waals surface area contributed by atoms with E-state index in [0.717, 1.165) is 0 Å². The Morgan fingerprint density at radius 2 is 1.95 bits per heavy atom. The third kappa shape index (κ3) is 2.97. The number of carbonyl (C=O) groups is 3. The molecule has 1 aliphatic rings. The maximum absolute atomic E-state index is 11.6. The van der Waals surface area contributed by atoms with Crippen LogP contribution in [0.4, 0.5) is 5.69 Å². The second-order valence-corrected chi connectivity index (χ2v) is 4.15. The van der Waals surface area contributed by atoms with Crippen molar-refractivity contribution in [1.82, 2.24) is 5.06 Å². The average Bonchev–Trinajstić information content (AvgIpc) is 2.71. The number of non-ortho nitro benzene ring substituents is 1. The number of rotatable bonds is 4. The maximum atomic E-state index is 11.6. The van der Waals surface area contributed by atoms with Crippen LogP contribution in [-0.2, 0) is 25.6 Å². The van der Waals surface area contributed by atoms with Gasteiger partial charge in [-0.1, -0.05) is 12.1 Å². The number of nitro groups is 1. The Bertz CT molecular complexity index is 581. The highest BCUT2D eigenvalue weighted by Crippen LogP contribution is 2.16. The van der Waals surface area contributed by atoms with Gasteiger partial charge in [0.2, 0.25) is 0 Å². The Morgan fingerprint density at radius 3 is 2.55 bits per heavy atom. The van der Waals surface area contributed by atoms with Crippen LogP contribution >= 0.6 is 0 Å². The second-order valence-electron chi connectivity index (χ2n) is 4.15. The van der Waals surface area contributed by atoms with Gasteiger partial charge in [0.1, 0.15) is 0 Å². The lowest BCUT2D eigenvalue weighted by molar-refractivity contribution is -0.384. The van der Waals surface area contributed by atoms with Crippen LogP contribution in [0.3, 0.4) is 0 Å². The molecule has 1 aromatic carbocycles. The Kier molecular flexibility index (Phi) is 3.74. The van der Waals surface area contributed by atoms with Gasteiger partial charge in [-0.05, 0) is 5.56 Å². The van der Waals surface area contributed by atoms with E-state index in [1.165, 1.54) is 24.3 Å². The molecule has 0 unspecified atom stereocenters. The first kappa shape index (κ1) is 13.7. The minimum Gasteiger partial charge on any atom is -0.330 e. The van der Waals surface area contributed by atoms with Crippen LogP contribution in [0.1, 0.15) is 18.4 Å². The van der Waals surface area contributed by atoms with Crippen molar-refractivity contribution < 1.29 is 24.1 Å². The van der Waals surface area contributed by atoms with Crippen molar-refractivity contribution in [2.24, 2.45) is 0 Å². The number of carbonyl (C=O) groups excluding carboxylic acids is 3. The lowest BCUT2D eigenvalue weighted by Gasteiger charge is -2.12. The fourth-order valence-electron chi connectivity index (χ4n) is 1.74. The summed E-state index contributed by atoms with van der Waals surface area (Å²) in [6, 6.07) is 5.48. The molecule has 0 aliphatic carbocycles. The minimum atomic E-state index is -0.825. The molecule has 0 N–H and O–H groups in total. The van der Waals surface area contributed by atoms with Crippen molar-refractivity contribution in [2.45, 2.75) is 19.3 Å². The molecule has 2 amide bonds. The topological polar surface area (TPSA) is 107 Å². The first-order valence-electron chi connectivity index (χ1n) is 5.77. The summed E-state index contributed by atoms with van der Waals surface area (Å²) in [5.74, 6) is -1.96. The van der Waals surface area contributed by atoms with E-state index in [1.807, 2.05) is 0 Å². The molecule has 8 heteroatoms. The predicted octanol–water partition coefficient (Wildman–Crippen LogP) is 0.744. The van der Waals surface area contributed by atoms with Crippen LogP contribution in [0.5, 0.6) is 0 Å². The van der Waals surface area contributed by atoms with Gasteiger partial charge in [0.05, 0.1) is 11.3 Å². The van der Waals surface area contributed by atoms with Gasteiger partial charge in [-0.2, -0.15) is 0 Å². The zero-order valence-corrected chi connectivity index (χ0v) is 10.3. The van der Waals surface area contributed by atoms with E-state index in [1.54, 1.807) is 0 Å². The highest BCUT2D eigenvalue weighted by molar-refractivity contribution is 6.01. The molecule has 1 aliphatic heterocycles. The summed E-state index contributed by atoms with van der Waals surface area (Å²) in [5, 5.41) is 11.0. The fourth-order valence-corrected chi connectivity index (χ4v) is 1.74. The molecular formula is C12H10N2O6. The van der Waals surface area contributed by atoms with Crippen LogP contribution in [-0.4, -0.2) is 27.8 Å². The van der Waals surface area contributed by atoms with Gasteiger partial charge in [-0.15, -0.1) is 5.06 Å². The predicted molar refractivity (Wildman–Crippen MR) is 64.0 cm³/mol. The summed E-state index contributed by atoms with van der Waals surface area (Å²) >= 11 is 0. The number of nitro benzene ring substituents is 1. The Labute approximate surface area is 113 Å². The van der Waals surface area contributed by atoms with Crippen LogP contribution in [0.2, 0.25) is 0 Å². The molecule has 0 spiro atoms. The molecule has 0 radical (unpaired) electrons. The largest absolute Gasteiger partial charge is 0.337 e. The standard InChI is InChI=1S/C12H10N2O6/c15-10-4-5-11(16)13(10)20-12(17)7-8-2-1-3-9(6-8)14(18)19/h1-3,6H,4-5,7H2. The summed E-state index contributed by atoms with van der Waals surface area (Å²) in [6.45, 7) is 0. The summed E-state index contributed by atoms with van der Waals surface area (Å²) in [5.41, 5.74) is 0.215. The normalized spacial score (nSPS) is 14.5. The Balaban J connectivity index is 2.01. The van der Waals surface area contributed by atoms with Crippen molar-refractivity contribution in [2.75, 3.05) is 0 Å². The smallest absolute Gasteiger partial charge is 0.330 e. The van der Waals surface area contributed by atoms with E-state index in [2.05, 4.69) is 4.84 Å². The zero-order chi connectivity index (χ0) is 14.7. The maximum Gasteiger partial charge on any atom is 0.337 e. The number of hydroxylamine groups is 2. The minimum absolute atomic E-state index is 0.0168. The molecule has 1 heterocycles. The molecule has 1 saturated heterocycles. The van der Waals surface area contributed by atoms with Gasteiger partial charge in [-0.25, -0.2) is 4.79 Å². The van der Waals surface area contributed by atoms with Crippen molar-refractivity contribution in [3.05, 3.63) is 39.9 Å². The van der Waals surface area contributed by atoms with Gasteiger partial charge in [0, 0.05) is 25.0 Å². The van der Waals surface area contributed by atoms with Crippen LogP contribution in [0.25, 0.3) is 0 Å². The van der Waals surface area contributed by atoms with E-state index in [4.69, 9.17) is 0 Å². The molecule has 0 bridgehead atoms. The summed E-state index contributed by atoms with van der Waals surface area (Å²) in [7, 11) is 0. The summed E-state index contributed by atoms with van der Waals surface area (Å²) in [4.78, 5) is 48.8. The third-order valence-corrected chi connectivity index (χ3v) is 2.67. The van der Waals surface area contributed by atoms with E-state index in [9.17, 15) is 24.5 Å². The molecule has 0 aromatic heterocycles. The summed E-state index contributed by atoms with van der Waals surface area (Å²) in [6.07, 6.45) is -0.232. The van der Waals surface area contributed by atoms with Crippen molar-refractivity contribution in [3.8, 4) is 0 Å². The first-order chi connectivity index (χ1) is 9.47. The van der Waals surface area contributed by atoms with E-state index >= 15 is 0 Å². The van der Waals surface area contributed by atoms with Crippen LogP contribution in [0.15, 0.2) is 24.3 Å². The molecule has 20 heavy (non-hydrogen) atoms. The summed E-state index contributed by atoms with van der Waals surface area (Å²) < 4.78 is 0. The molecule has 2 rings (SSSR count). The number of benzene rings is 1. The average molecular weight is 278 g/mol. The number of amides is 2. The lowest BCUT2D eigenvalue weighted by Crippen LogP contribution is -2.32. The van der Waals surface area contributed by atoms with E-state index < -0.39 is 22.7 Å². The first-order valence-corrected chi connectivity index (χ1v) is 5.77. The van der Waals surface area contributed by atoms with E-state index in [-0.39, 0.29) is 24.9 Å². The molecular weight excluding hydrogens is 268 g/mol. The fraction of sp³-hybridized carbons (Fsp3) is 0.250. The van der Waals surface area contributed by atoms with E-state index in [0.29, 0.717) is 10.6 Å². The van der Waals surface area contributed by atoms with Gasteiger partial charge in [0.25, 0.3) is 17.5 Å². The van der Waals surface area contributed by atoms with Gasteiger partial charge in [0.15, 0.2) is 0 Å². The quantitative estimate of drug-likeness (QED) is 0.457. The third-order valence-electron chi connectivity index (χ3n) is 2.67.